The van der Waals surface area contributed by atoms with E-state index >= 15 is 0 Å². The molecule has 3 rings (SSSR count). The first-order valence-electron chi connectivity index (χ1n) is 6.51. The number of fused-ring (bicyclic) bond motifs is 1. The van der Waals surface area contributed by atoms with Crippen LogP contribution in [-0.4, -0.2) is 9.78 Å². The summed E-state index contributed by atoms with van der Waals surface area (Å²) < 4.78 is 15.6. The van der Waals surface area contributed by atoms with Crippen LogP contribution in [0.4, 0.5) is 4.39 Å². The van der Waals surface area contributed by atoms with Crippen LogP contribution in [-0.2, 0) is 0 Å². The lowest BCUT2D eigenvalue weighted by molar-refractivity contribution is 0.334. The molecule has 2 nitrogen and oxygen atoms in total. The number of aromatic nitrogens is 2. The molecule has 2 atom stereocenters. The molecule has 0 aliphatic carbocycles. The fourth-order valence-electron chi connectivity index (χ4n) is 2.39. The number of hydrogen-bond donors (Lipinski definition) is 0. The van der Waals surface area contributed by atoms with E-state index in [0.29, 0.717) is 12.1 Å². The molecule has 0 radical (unpaired) electrons. The van der Waals surface area contributed by atoms with Crippen LogP contribution in [0.15, 0.2) is 36.4 Å². The highest BCUT2D eigenvalue weighted by Crippen LogP contribution is 2.40. The van der Waals surface area contributed by atoms with E-state index in [2.05, 4.69) is 5.10 Å². The van der Waals surface area contributed by atoms with Gasteiger partial charge in [-0.3, -0.25) is 4.68 Å². The van der Waals surface area contributed by atoms with Crippen LogP contribution < -0.4 is 0 Å². The minimum atomic E-state index is -0.883. The number of hydrogen-bond acceptors (Lipinski definition) is 1. The van der Waals surface area contributed by atoms with E-state index in [-0.39, 0.29) is 6.04 Å². The minimum absolute atomic E-state index is 0.0555. The Morgan fingerprint density at radius 3 is 2.56 bits per heavy atom. The van der Waals surface area contributed by atoms with Gasteiger partial charge in [0, 0.05) is 6.42 Å². The normalized spacial score (nSPS) is 21.1. The summed E-state index contributed by atoms with van der Waals surface area (Å²) >= 11 is 0. The number of halogens is 1. The SMILES string of the molecule is CC.Cc1cc2n(n1)C(c1ccccc1)CC2F. The van der Waals surface area contributed by atoms with E-state index in [1.54, 1.807) is 0 Å². The smallest absolute Gasteiger partial charge is 0.144 e. The fourth-order valence-corrected chi connectivity index (χ4v) is 2.39. The molecule has 0 amide bonds. The number of benzene rings is 1. The van der Waals surface area contributed by atoms with Crippen molar-refractivity contribution >= 4 is 0 Å². The third-order valence-electron chi connectivity index (χ3n) is 3.12. The highest BCUT2D eigenvalue weighted by molar-refractivity contribution is 5.26. The van der Waals surface area contributed by atoms with Crippen LogP contribution in [0.25, 0.3) is 0 Å². The second-order valence-electron chi connectivity index (χ2n) is 4.28. The molecule has 2 heterocycles. The van der Waals surface area contributed by atoms with Gasteiger partial charge in [-0.15, -0.1) is 0 Å². The zero-order valence-corrected chi connectivity index (χ0v) is 11.1. The Morgan fingerprint density at radius 1 is 1.22 bits per heavy atom. The lowest BCUT2D eigenvalue weighted by Crippen LogP contribution is -2.07. The predicted molar refractivity (Wildman–Crippen MR) is 71.4 cm³/mol. The van der Waals surface area contributed by atoms with Gasteiger partial charge in [0.1, 0.15) is 6.17 Å². The van der Waals surface area contributed by atoms with Gasteiger partial charge in [-0.2, -0.15) is 5.10 Å². The monoisotopic (exact) mass is 246 g/mol. The molecular weight excluding hydrogens is 227 g/mol. The number of aryl methyl sites for hydroxylation is 1. The standard InChI is InChI=1S/C13H13FN2.C2H6/c1-9-7-13-11(14)8-12(16(13)15-9)10-5-3-2-4-6-10;1-2/h2-7,11-12H,8H2,1H3;1-2H3. The second-order valence-corrected chi connectivity index (χ2v) is 4.28. The molecule has 0 saturated carbocycles. The van der Waals surface area contributed by atoms with Crippen molar-refractivity contribution in [2.24, 2.45) is 0 Å². The van der Waals surface area contributed by atoms with Gasteiger partial charge in [0.2, 0.25) is 0 Å². The maximum Gasteiger partial charge on any atom is 0.144 e. The number of nitrogens with zero attached hydrogens (tertiary/aromatic N) is 2. The Balaban J connectivity index is 0.000000574. The summed E-state index contributed by atoms with van der Waals surface area (Å²) in [4.78, 5) is 0. The van der Waals surface area contributed by atoms with Gasteiger partial charge in [0.25, 0.3) is 0 Å². The van der Waals surface area contributed by atoms with E-state index in [0.717, 1.165) is 11.3 Å². The molecule has 1 aliphatic rings. The van der Waals surface area contributed by atoms with Crippen molar-refractivity contribution in [2.45, 2.75) is 39.4 Å². The molecule has 0 bridgehead atoms. The van der Waals surface area contributed by atoms with Crippen molar-refractivity contribution in [3.05, 3.63) is 53.3 Å². The topological polar surface area (TPSA) is 17.8 Å². The van der Waals surface area contributed by atoms with Crippen LogP contribution in [0, 0.1) is 6.92 Å². The van der Waals surface area contributed by atoms with Crippen molar-refractivity contribution in [2.75, 3.05) is 0 Å². The van der Waals surface area contributed by atoms with Crippen LogP contribution >= 0.6 is 0 Å². The Morgan fingerprint density at radius 2 is 1.89 bits per heavy atom. The summed E-state index contributed by atoms with van der Waals surface area (Å²) in [5.74, 6) is 0. The fraction of sp³-hybridized carbons (Fsp3) is 0.400. The van der Waals surface area contributed by atoms with Crippen LogP contribution in [0.2, 0.25) is 0 Å². The molecule has 1 aliphatic heterocycles. The molecule has 1 aromatic heterocycles. The Labute approximate surface area is 107 Å². The second kappa shape index (κ2) is 5.34. The number of alkyl halides is 1. The van der Waals surface area contributed by atoms with Gasteiger partial charge in [-0.05, 0) is 18.6 Å². The van der Waals surface area contributed by atoms with Crippen LogP contribution in [0.3, 0.4) is 0 Å². The molecule has 3 heteroatoms. The molecule has 0 fully saturated rings. The first-order valence-corrected chi connectivity index (χ1v) is 6.51. The summed E-state index contributed by atoms with van der Waals surface area (Å²) in [6.45, 7) is 5.90. The van der Waals surface area contributed by atoms with E-state index in [4.69, 9.17) is 0 Å². The highest BCUT2D eigenvalue weighted by Gasteiger charge is 2.32. The molecule has 1 aromatic carbocycles. The predicted octanol–water partition coefficient (Wildman–Crippen LogP) is 4.22. The van der Waals surface area contributed by atoms with Crippen molar-refractivity contribution in [3.8, 4) is 0 Å². The Kier molecular flexibility index (Phi) is 3.80. The first-order chi connectivity index (χ1) is 8.75. The molecule has 18 heavy (non-hydrogen) atoms. The van der Waals surface area contributed by atoms with Gasteiger partial charge < -0.3 is 0 Å². The van der Waals surface area contributed by atoms with E-state index in [1.807, 2.05) is 61.9 Å². The molecule has 2 unspecified atom stereocenters. The molecule has 2 aromatic rings. The van der Waals surface area contributed by atoms with Crippen LogP contribution in [0.5, 0.6) is 0 Å². The average Bonchev–Trinajstić information content (AvgIpc) is 2.93. The van der Waals surface area contributed by atoms with E-state index in [1.165, 1.54) is 0 Å². The van der Waals surface area contributed by atoms with Gasteiger partial charge in [-0.1, -0.05) is 44.2 Å². The molecule has 96 valence electrons. The van der Waals surface area contributed by atoms with E-state index in [9.17, 15) is 4.39 Å². The first kappa shape index (κ1) is 12.8. The summed E-state index contributed by atoms with van der Waals surface area (Å²) in [5, 5.41) is 4.38. The maximum absolute atomic E-state index is 13.8. The quantitative estimate of drug-likeness (QED) is 0.736. The zero-order chi connectivity index (χ0) is 13.1. The summed E-state index contributed by atoms with van der Waals surface area (Å²) in [5.41, 5.74) is 2.73. The third-order valence-corrected chi connectivity index (χ3v) is 3.12. The van der Waals surface area contributed by atoms with Crippen LogP contribution in [0.1, 0.15) is 49.4 Å². The molecule has 0 spiro atoms. The van der Waals surface area contributed by atoms with Gasteiger partial charge in [-0.25, -0.2) is 4.39 Å². The summed E-state index contributed by atoms with van der Waals surface area (Å²) in [6, 6.07) is 11.9. The largest absolute Gasteiger partial charge is 0.259 e. The molecule has 0 N–H and O–H groups in total. The minimum Gasteiger partial charge on any atom is -0.259 e. The maximum atomic E-state index is 13.8. The summed E-state index contributed by atoms with van der Waals surface area (Å²) in [6.07, 6.45) is -0.376. The Bertz CT molecular complexity index is 504. The van der Waals surface area contributed by atoms with Gasteiger partial charge in [0.15, 0.2) is 0 Å². The van der Waals surface area contributed by atoms with Crippen molar-refractivity contribution in [1.29, 1.82) is 0 Å². The van der Waals surface area contributed by atoms with Crippen molar-refractivity contribution in [3.63, 3.8) is 0 Å². The van der Waals surface area contributed by atoms with Crippen molar-refractivity contribution < 1.29 is 4.39 Å². The highest BCUT2D eigenvalue weighted by atomic mass is 19.1. The summed E-state index contributed by atoms with van der Waals surface area (Å²) in [7, 11) is 0. The molecule has 0 saturated heterocycles. The van der Waals surface area contributed by atoms with Gasteiger partial charge >= 0.3 is 0 Å². The lowest BCUT2D eigenvalue weighted by atomic mass is 10.0. The molecular formula is C15H19FN2. The van der Waals surface area contributed by atoms with Crippen molar-refractivity contribution in [1.82, 2.24) is 9.78 Å². The number of rotatable bonds is 1. The third kappa shape index (κ3) is 2.17. The zero-order valence-electron chi connectivity index (χ0n) is 11.1. The van der Waals surface area contributed by atoms with Gasteiger partial charge in [0.05, 0.1) is 17.4 Å². The average molecular weight is 246 g/mol. The lowest BCUT2D eigenvalue weighted by Gasteiger charge is -2.11. The van der Waals surface area contributed by atoms with E-state index < -0.39 is 6.17 Å². The Hall–Kier alpha value is -1.64.